The molecule has 0 bridgehead atoms. The van der Waals surface area contributed by atoms with E-state index in [1.165, 1.54) is 0 Å². The van der Waals surface area contributed by atoms with Crippen LogP contribution in [0.1, 0.15) is 68.0 Å². The maximum absolute atomic E-state index is 12.8. The lowest BCUT2D eigenvalue weighted by Crippen LogP contribution is -2.55. The molecular weight excluding hydrogens is 566 g/mol. The van der Waals surface area contributed by atoms with Gasteiger partial charge in [-0.25, -0.2) is 14.4 Å². The lowest BCUT2D eigenvalue weighted by atomic mass is 10.1. The summed E-state index contributed by atoms with van der Waals surface area (Å²) in [5.74, 6) is -0.852. The molecule has 0 radical (unpaired) electrons. The van der Waals surface area contributed by atoms with Crippen molar-refractivity contribution in [3.8, 4) is 0 Å². The molecule has 0 atom stereocenters. The summed E-state index contributed by atoms with van der Waals surface area (Å²) in [6.45, 7) is 18.0. The molecule has 0 aliphatic carbocycles. The van der Waals surface area contributed by atoms with Gasteiger partial charge in [-0.05, 0) is 65.4 Å². The van der Waals surface area contributed by atoms with E-state index in [9.17, 15) is 14.4 Å². The Labute approximate surface area is 267 Å². The molecule has 45 heavy (non-hydrogen) atoms. The van der Waals surface area contributed by atoms with Crippen LogP contribution < -0.4 is 0 Å². The molecule has 0 unspecified atom stereocenters. The minimum atomic E-state index is -0.420. The lowest BCUT2D eigenvalue weighted by Gasteiger charge is -2.38. The van der Waals surface area contributed by atoms with Crippen molar-refractivity contribution in [2.24, 2.45) is 5.92 Å². The molecular formula is C38H44NO6+. The van der Waals surface area contributed by atoms with E-state index in [-0.39, 0.29) is 19.8 Å². The van der Waals surface area contributed by atoms with Crippen LogP contribution in [0.25, 0.3) is 18.2 Å². The molecule has 0 saturated carbocycles. The third kappa shape index (κ3) is 11.0. The van der Waals surface area contributed by atoms with Crippen LogP contribution in [-0.2, 0) is 14.2 Å². The summed E-state index contributed by atoms with van der Waals surface area (Å²) in [6, 6.07) is 21.1. The van der Waals surface area contributed by atoms with Crippen LogP contribution in [0.2, 0.25) is 0 Å². The summed E-state index contributed by atoms with van der Waals surface area (Å²) in [7, 11) is 0. The van der Waals surface area contributed by atoms with Crippen LogP contribution in [0.15, 0.2) is 92.5 Å². The molecule has 0 saturated heterocycles. The first-order valence-corrected chi connectivity index (χ1v) is 15.2. The summed E-state index contributed by atoms with van der Waals surface area (Å²) in [6.07, 6.45) is 6.01. The van der Waals surface area contributed by atoms with Gasteiger partial charge in [0.15, 0.2) is 0 Å². The highest BCUT2D eigenvalue weighted by Gasteiger charge is 2.29. The van der Waals surface area contributed by atoms with E-state index in [2.05, 4.69) is 33.6 Å². The summed E-state index contributed by atoms with van der Waals surface area (Å²) >= 11 is 0. The van der Waals surface area contributed by atoms with Gasteiger partial charge in [-0.3, -0.25) is 0 Å². The number of hydrogen-bond acceptors (Lipinski definition) is 6. The van der Waals surface area contributed by atoms with E-state index in [1.54, 1.807) is 54.6 Å². The van der Waals surface area contributed by atoms with Crippen LogP contribution in [-0.4, -0.2) is 68.4 Å². The van der Waals surface area contributed by atoms with Gasteiger partial charge in [0.1, 0.15) is 39.5 Å². The normalized spacial score (nSPS) is 11.0. The predicted molar refractivity (Wildman–Crippen MR) is 180 cm³/mol. The maximum Gasteiger partial charge on any atom is 0.338 e. The smallest absolute Gasteiger partial charge is 0.338 e. The fourth-order valence-corrected chi connectivity index (χ4v) is 4.71. The van der Waals surface area contributed by atoms with Gasteiger partial charge in [-0.2, -0.15) is 0 Å². The van der Waals surface area contributed by atoms with E-state index >= 15 is 0 Å². The average molecular weight is 611 g/mol. The Hall–Kier alpha value is -4.75. The van der Waals surface area contributed by atoms with Gasteiger partial charge in [0.25, 0.3) is 0 Å². The number of quaternary nitrogens is 1. The molecule has 0 heterocycles. The third-order valence-corrected chi connectivity index (χ3v) is 7.72. The highest BCUT2D eigenvalue weighted by Crippen LogP contribution is 2.16. The van der Waals surface area contributed by atoms with Crippen molar-refractivity contribution in [2.75, 3.05) is 46.0 Å². The van der Waals surface area contributed by atoms with E-state index in [0.717, 1.165) is 29.7 Å². The largest absolute Gasteiger partial charge is 0.456 e. The number of carbonyl (C=O) groups excluding carboxylic acids is 3. The molecule has 0 aromatic heterocycles. The number of carbonyl (C=O) groups is 3. The van der Waals surface area contributed by atoms with Crippen molar-refractivity contribution >= 4 is 36.1 Å². The van der Waals surface area contributed by atoms with E-state index < -0.39 is 17.9 Å². The minimum absolute atomic E-state index is 0.147. The Kier molecular flexibility index (Phi) is 13.5. The van der Waals surface area contributed by atoms with Gasteiger partial charge in [0.2, 0.25) is 0 Å². The van der Waals surface area contributed by atoms with Crippen LogP contribution in [0.3, 0.4) is 0 Å². The Morgan fingerprint density at radius 3 is 1.09 bits per heavy atom. The fourth-order valence-electron chi connectivity index (χ4n) is 4.71. The highest BCUT2D eigenvalue weighted by atomic mass is 16.5. The molecule has 236 valence electrons. The van der Waals surface area contributed by atoms with Gasteiger partial charge < -0.3 is 18.7 Å². The second-order valence-corrected chi connectivity index (χ2v) is 11.3. The molecule has 0 N–H and O–H groups in total. The molecule has 7 heteroatoms. The predicted octanol–water partition coefficient (Wildman–Crippen LogP) is 7.35. The first-order valence-electron chi connectivity index (χ1n) is 15.2. The number of benzene rings is 3. The zero-order valence-corrected chi connectivity index (χ0v) is 26.4. The first-order chi connectivity index (χ1) is 21.7. The Bertz CT molecular complexity index is 1270. The van der Waals surface area contributed by atoms with Crippen molar-refractivity contribution in [2.45, 2.75) is 20.3 Å². The molecule has 3 rings (SSSR count). The topological polar surface area (TPSA) is 78.9 Å². The van der Waals surface area contributed by atoms with E-state index in [4.69, 9.17) is 14.2 Å². The SMILES string of the molecule is C=Cc1ccc(C(=O)OCC[N+](CCOC(=O)c2ccc(C=C)cc2)(CCOC(=O)c2ccc(C=C)cc2)CCC(C)C)cc1. The van der Waals surface area contributed by atoms with Crippen LogP contribution in [0.4, 0.5) is 0 Å². The van der Waals surface area contributed by atoms with Crippen molar-refractivity contribution in [1.29, 1.82) is 0 Å². The summed E-state index contributed by atoms with van der Waals surface area (Å²) in [4.78, 5) is 38.4. The second-order valence-electron chi connectivity index (χ2n) is 11.3. The lowest BCUT2D eigenvalue weighted by molar-refractivity contribution is -0.929. The number of hydrogen-bond donors (Lipinski definition) is 0. The molecule has 0 spiro atoms. The van der Waals surface area contributed by atoms with Crippen molar-refractivity contribution in [3.05, 3.63) is 126 Å². The van der Waals surface area contributed by atoms with Crippen molar-refractivity contribution < 1.29 is 33.1 Å². The Balaban J connectivity index is 1.72. The zero-order chi connectivity index (χ0) is 32.7. The van der Waals surface area contributed by atoms with E-state index in [1.807, 2.05) is 36.4 Å². The van der Waals surface area contributed by atoms with Gasteiger partial charge in [0, 0.05) is 0 Å². The number of esters is 3. The number of ether oxygens (including phenoxy) is 3. The molecule has 0 aliphatic heterocycles. The third-order valence-electron chi connectivity index (χ3n) is 7.72. The fraction of sp³-hybridized carbons (Fsp3) is 0.289. The molecule has 7 nitrogen and oxygen atoms in total. The number of nitrogens with zero attached hydrogens (tertiary/aromatic N) is 1. The molecule has 0 aliphatic rings. The van der Waals surface area contributed by atoms with Crippen molar-refractivity contribution in [3.63, 3.8) is 0 Å². The molecule has 3 aromatic carbocycles. The van der Waals surface area contributed by atoms with Gasteiger partial charge in [-0.1, -0.05) is 88.2 Å². The van der Waals surface area contributed by atoms with Crippen LogP contribution in [0.5, 0.6) is 0 Å². The van der Waals surface area contributed by atoms with Gasteiger partial charge in [-0.15, -0.1) is 0 Å². The molecule has 0 amide bonds. The average Bonchev–Trinajstić information content (AvgIpc) is 3.07. The monoisotopic (exact) mass is 610 g/mol. The Morgan fingerprint density at radius 1 is 0.556 bits per heavy atom. The molecule has 0 fully saturated rings. The quantitative estimate of drug-likeness (QED) is 0.0852. The minimum Gasteiger partial charge on any atom is -0.456 e. The summed E-state index contributed by atoms with van der Waals surface area (Å²) < 4.78 is 17.5. The van der Waals surface area contributed by atoms with Crippen LogP contribution in [0, 0.1) is 5.92 Å². The molecule has 3 aromatic rings. The van der Waals surface area contributed by atoms with Gasteiger partial charge in [0.05, 0.1) is 23.2 Å². The zero-order valence-electron chi connectivity index (χ0n) is 26.4. The van der Waals surface area contributed by atoms with Gasteiger partial charge >= 0.3 is 17.9 Å². The summed E-state index contributed by atoms with van der Waals surface area (Å²) in [5.41, 5.74) is 4.09. The van der Waals surface area contributed by atoms with E-state index in [0.29, 0.717) is 46.7 Å². The first kappa shape index (κ1) is 34.7. The Morgan fingerprint density at radius 2 is 0.844 bits per heavy atom. The standard InChI is InChI=1S/C38H44NO6/c1-6-30-9-15-33(16-10-30)36(40)43-26-23-39(22-21-29(4)5,24-27-44-37(41)34-17-11-31(7-2)12-18-34)25-28-45-38(42)35-19-13-32(8-3)14-20-35/h6-20,29H,1-3,21-28H2,4-5H3/q+1. The van der Waals surface area contributed by atoms with Crippen molar-refractivity contribution in [1.82, 2.24) is 0 Å². The summed E-state index contributed by atoms with van der Waals surface area (Å²) in [5, 5.41) is 0. The number of rotatable bonds is 18. The second kappa shape index (κ2) is 17.5. The maximum atomic E-state index is 12.8. The van der Waals surface area contributed by atoms with Crippen LogP contribution >= 0.6 is 0 Å². The highest BCUT2D eigenvalue weighted by molar-refractivity contribution is 5.90.